The summed E-state index contributed by atoms with van der Waals surface area (Å²) < 4.78 is 5.45. The van der Waals surface area contributed by atoms with Crippen LogP contribution in [0.3, 0.4) is 0 Å². The molecule has 1 aromatic rings. The van der Waals surface area contributed by atoms with Crippen LogP contribution in [-0.2, 0) is 4.74 Å². The summed E-state index contributed by atoms with van der Waals surface area (Å²) in [7, 11) is 0. The molecular weight excluding hydrogens is 288 g/mol. The lowest BCUT2D eigenvalue weighted by atomic mass is 10.1. The van der Waals surface area contributed by atoms with Crippen molar-refractivity contribution >= 4 is 23.1 Å². The van der Waals surface area contributed by atoms with Crippen LogP contribution >= 0.6 is 11.6 Å². The Bertz CT molecular complexity index is 479. The Morgan fingerprint density at radius 2 is 2.20 bits per heavy atom. The normalized spacial score (nSPS) is 16.4. The molecule has 0 amide bonds. The van der Waals surface area contributed by atoms with Gasteiger partial charge in [0.1, 0.15) is 6.33 Å². The van der Waals surface area contributed by atoms with Gasteiger partial charge < -0.3 is 14.7 Å². The predicted octanol–water partition coefficient (Wildman–Crippen LogP) is 1.02. The van der Waals surface area contributed by atoms with Gasteiger partial charge in [-0.1, -0.05) is 11.6 Å². The molecule has 1 aromatic heterocycles. The summed E-state index contributed by atoms with van der Waals surface area (Å²) in [6, 6.07) is 0. The summed E-state index contributed by atoms with van der Waals surface area (Å²) in [5.74, 6) is 0.246. The largest absolute Gasteiger partial charge is 0.394 e. The quantitative estimate of drug-likeness (QED) is 0.492. The number of anilines is 1. The van der Waals surface area contributed by atoms with E-state index in [0.717, 1.165) is 12.8 Å². The highest BCUT2D eigenvalue weighted by Gasteiger charge is 2.29. The number of piperidine rings is 1. The van der Waals surface area contributed by atoms with Crippen molar-refractivity contribution in [2.75, 3.05) is 31.2 Å². The van der Waals surface area contributed by atoms with Gasteiger partial charge in [0.15, 0.2) is 0 Å². The lowest BCUT2D eigenvalue weighted by Gasteiger charge is -2.32. The summed E-state index contributed by atoms with van der Waals surface area (Å²) in [5.41, 5.74) is -0.260. The summed E-state index contributed by atoms with van der Waals surface area (Å²) in [6.07, 6.45) is 2.73. The van der Waals surface area contributed by atoms with Crippen molar-refractivity contribution in [2.45, 2.75) is 18.9 Å². The van der Waals surface area contributed by atoms with E-state index >= 15 is 0 Å². The minimum atomic E-state index is -0.563. The first-order chi connectivity index (χ1) is 9.63. The number of rotatable bonds is 5. The van der Waals surface area contributed by atoms with Gasteiger partial charge in [0, 0.05) is 13.1 Å². The number of hydrogen-bond acceptors (Lipinski definition) is 7. The second kappa shape index (κ2) is 6.78. The van der Waals surface area contributed by atoms with Crippen molar-refractivity contribution in [3.05, 3.63) is 21.6 Å². The van der Waals surface area contributed by atoms with Crippen molar-refractivity contribution in [1.82, 2.24) is 9.97 Å². The molecule has 1 N–H and O–H groups in total. The average molecular weight is 303 g/mol. The van der Waals surface area contributed by atoms with E-state index in [1.165, 1.54) is 6.33 Å². The topological polar surface area (TPSA) is 102 Å². The molecule has 2 heterocycles. The molecule has 0 atom stereocenters. The van der Waals surface area contributed by atoms with E-state index in [1.807, 2.05) is 4.90 Å². The molecule has 0 saturated carbocycles. The van der Waals surface area contributed by atoms with Crippen molar-refractivity contribution in [3.8, 4) is 0 Å². The standard InChI is InChI=1S/C11H15ClN4O4/c12-10-9(16(18)19)11(14-7-13-10)15-3-1-8(2-4-15)20-6-5-17/h7-8,17H,1-6H2. The first-order valence-electron chi connectivity index (χ1n) is 6.25. The maximum atomic E-state index is 11.1. The van der Waals surface area contributed by atoms with Gasteiger partial charge in [-0.2, -0.15) is 0 Å². The Hall–Kier alpha value is -1.51. The zero-order valence-electron chi connectivity index (χ0n) is 10.7. The van der Waals surface area contributed by atoms with E-state index < -0.39 is 4.92 Å². The van der Waals surface area contributed by atoms with Gasteiger partial charge in [0.05, 0.1) is 24.2 Å². The fourth-order valence-electron chi connectivity index (χ4n) is 2.19. The van der Waals surface area contributed by atoms with Crippen LogP contribution in [0, 0.1) is 10.1 Å². The fraction of sp³-hybridized carbons (Fsp3) is 0.636. The van der Waals surface area contributed by atoms with Gasteiger partial charge in [0.2, 0.25) is 11.0 Å². The highest BCUT2D eigenvalue weighted by Crippen LogP contribution is 2.32. The van der Waals surface area contributed by atoms with Crippen LogP contribution < -0.4 is 4.90 Å². The Balaban J connectivity index is 2.07. The smallest absolute Gasteiger partial charge is 0.348 e. The van der Waals surface area contributed by atoms with Crippen LogP contribution in [-0.4, -0.2) is 52.4 Å². The van der Waals surface area contributed by atoms with Gasteiger partial charge in [-0.05, 0) is 12.8 Å². The summed E-state index contributed by atoms with van der Waals surface area (Å²) in [4.78, 5) is 19.9. The molecule has 0 radical (unpaired) electrons. The van der Waals surface area contributed by atoms with Gasteiger partial charge in [-0.25, -0.2) is 9.97 Å². The summed E-state index contributed by atoms with van der Waals surface area (Å²) in [5, 5.41) is 19.6. The van der Waals surface area contributed by atoms with Crippen LogP contribution in [0.1, 0.15) is 12.8 Å². The zero-order valence-corrected chi connectivity index (χ0v) is 11.5. The van der Waals surface area contributed by atoms with Gasteiger partial charge in [-0.3, -0.25) is 10.1 Å². The molecule has 110 valence electrons. The highest BCUT2D eigenvalue weighted by molar-refractivity contribution is 6.31. The van der Waals surface area contributed by atoms with Crippen molar-refractivity contribution in [1.29, 1.82) is 0 Å². The highest BCUT2D eigenvalue weighted by atomic mass is 35.5. The predicted molar refractivity (Wildman–Crippen MR) is 72.0 cm³/mol. The van der Waals surface area contributed by atoms with E-state index in [2.05, 4.69) is 9.97 Å². The molecule has 0 aromatic carbocycles. The van der Waals surface area contributed by atoms with E-state index in [1.54, 1.807) is 0 Å². The van der Waals surface area contributed by atoms with Crippen molar-refractivity contribution in [2.24, 2.45) is 0 Å². The Labute approximate surface area is 120 Å². The molecule has 8 nitrogen and oxygen atoms in total. The first-order valence-corrected chi connectivity index (χ1v) is 6.63. The Morgan fingerprint density at radius 3 is 2.80 bits per heavy atom. The number of halogens is 1. The Kier molecular flexibility index (Phi) is 5.05. The van der Waals surface area contributed by atoms with Crippen LogP contribution in [0.2, 0.25) is 5.15 Å². The molecular formula is C11H15ClN4O4. The fourth-order valence-corrected chi connectivity index (χ4v) is 2.39. The Morgan fingerprint density at radius 1 is 1.50 bits per heavy atom. The monoisotopic (exact) mass is 302 g/mol. The molecule has 0 spiro atoms. The van der Waals surface area contributed by atoms with E-state index in [0.29, 0.717) is 19.7 Å². The molecule has 9 heteroatoms. The molecule has 0 unspecified atom stereocenters. The van der Waals surface area contributed by atoms with E-state index in [4.69, 9.17) is 21.4 Å². The maximum Gasteiger partial charge on any atom is 0.348 e. The van der Waals surface area contributed by atoms with Crippen molar-refractivity contribution < 1.29 is 14.8 Å². The number of nitrogens with zero attached hydrogens (tertiary/aromatic N) is 4. The molecule has 1 fully saturated rings. The van der Waals surface area contributed by atoms with E-state index in [-0.39, 0.29) is 29.4 Å². The average Bonchev–Trinajstić information content (AvgIpc) is 2.45. The molecule has 1 aliphatic rings. The van der Waals surface area contributed by atoms with Crippen LogP contribution in [0.15, 0.2) is 6.33 Å². The van der Waals surface area contributed by atoms with Crippen LogP contribution in [0.4, 0.5) is 11.5 Å². The third-order valence-corrected chi connectivity index (χ3v) is 3.40. The SMILES string of the molecule is O=[N+]([O-])c1c(Cl)ncnc1N1CCC(OCCO)CC1. The minimum Gasteiger partial charge on any atom is -0.394 e. The molecule has 0 aliphatic carbocycles. The zero-order chi connectivity index (χ0) is 14.5. The third kappa shape index (κ3) is 3.33. The van der Waals surface area contributed by atoms with Crippen LogP contribution in [0.5, 0.6) is 0 Å². The molecule has 1 aliphatic heterocycles. The van der Waals surface area contributed by atoms with Gasteiger partial charge in [-0.15, -0.1) is 0 Å². The second-order valence-corrected chi connectivity index (χ2v) is 4.73. The molecule has 20 heavy (non-hydrogen) atoms. The lowest BCUT2D eigenvalue weighted by Crippen LogP contribution is -2.38. The van der Waals surface area contributed by atoms with E-state index in [9.17, 15) is 10.1 Å². The third-order valence-electron chi connectivity index (χ3n) is 3.13. The second-order valence-electron chi connectivity index (χ2n) is 4.37. The first kappa shape index (κ1) is 14.9. The molecule has 0 bridgehead atoms. The summed E-state index contributed by atoms with van der Waals surface area (Å²) >= 11 is 5.77. The summed E-state index contributed by atoms with van der Waals surface area (Å²) in [6.45, 7) is 1.48. The van der Waals surface area contributed by atoms with Crippen molar-refractivity contribution in [3.63, 3.8) is 0 Å². The molecule has 1 saturated heterocycles. The number of nitro groups is 1. The number of aliphatic hydroxyl groups excluding tert-OH is 1. The number of hydrogen-bond donors (Lipinski definition) is 1. The number of aliphatic hydroxyl groups is 1. The number of ether oxygens (including phenoxy) is 1. The number of aromatic nitrogens is 2. The van der Waals surface area contributed by atoms with Gasteiger partial charge in [0.25, 0.3) is 0 Å². The molecule has 2 rings (SSSR count). The minimum absolute atomic E-state index is 0.00674. The lowest BCUT2D eigenvalue weighted by molar-refractivity contribution is -0.384. The van der Waals surface area contributed by atoms with Gasteiger partial charge >= 0.3 is 5.69 Å². The maximum absolute atomic E-state index is 11.1. The van der Waals surface area contributed by atoms with Crippen LogP contribution in [0.25, 0.3) is 0 Å².